The van der Waals surface area contributed by atoms with Crippen molar-refractivity contribution >= 4 is 23.1 Å². The van der Waals surface area contributed by atoms with Crippen molar-refractivity contribution in [3.8, 4) is 21.6 Å². The minimum Gasteiger partial charge on any atom is -0.383 e. The number of rotatable bonds is 6. The lowest BCUT2D eigenvalue weighted by Gasteiger charge is -2.11. The van der Waals surface area contributed by atoms with Crippen LogP contribution in [0.2, 0.25) is 0 Å². The molecule has 0 aliphatic rings. The Morgan fingerprint density at radius 2 is 2.04 bits per heavy atom. The molecule has 0 aliphatic carbocycles. The van der Waals surface area contributed by atoms with Crippen LogP contribution in [-0.2, 0) is 0 Å². The Hall–Kier alpha value is -2.70. The highest BCUT2D eigenvalue weighted by Gasteiger charge is 2.10. The number of nitrogen functional groups attached to an aromatic ring is 1. The van der Waals surface area contributed by atoms with Crippen molar-refractivity contribution in [2.45, 2.75) is 0 Å². The van der Waals surface area contributed by atoms with Crippen LogP contribution in [0.4, 0.5) is 5.82 Å². The fourth-order valence-electron chi connectivity index (χ4n) is 2.60. The quantitative estimate of drug-likeness (QED) is 0.702. The van der Waals surface area contributed by atoms with Crippen molar-refractivity contribution in [2.24, 2.45) is 0 Å². The monoisotopic (exact) mass is 366 g/mol. The number of hydrogen-bond acceptors (Lipinski definition) is 5. The molecule has 0 unspecified atom stereocenters. The molecule has 6 heteroatoms. The first-order chi connectivity index (χ1) is 12.5. The number of aromatic nitrogens is 1. The van der Waals surface area contributed by atoms with Gasteiger partial charge < -0.3 is 16.0 Å². The topological polar surface area (TPSA) is 71.2 Å². The number of hydrogen-bond donors (Lipinski definition) is 2. The Balaban J connectivity index is 1.84. The van der Waals surface area contributed by atoms with Crippen LogP contribution in [0.1, 0.15) is 10.4 Å². The van der Waals surface area contributed by atoms with Gasteiger partial charge in [0.1, 0.15) is 5.82 Å². The normalized spacial score (nSPS) is 10.9. The number of thiophene rings is 1. The SMILES string of the molecule is CN(C)CCNC(=O)c1cccc(-c2cnc(N)c(-c3cccs3)c2)c1. The number of carbonyl (C=O) groups excluding carboxylic acids is 1. The van der Waals surface area contributed by atoms with Crippen molar-refractivity contribution in [3.63, 3.8) is 0 Å². The van der Waals surface area contributed by atoms with Gasteiger partial charge in [0.05, 0.1) is 0 Å². The van der Waals surface area contributed by atoms with E-state index < -0.39 is 0 Å². The second-order valence-corrected chi connectivity index (χ2v) is 7.22. The van der Waals surface area contributed by atoms with Gasteiger partial charge in [0.25, 0.3) is 5.91 Å². The lowest BCUT2D eigenvalue weighted by atomic mass is 10.0. The molecule has 0 aliphatic heterocycles. The van der Waals surface area contributed by atoms with E-state index in [1.54, 1.807) is 17.5 Å². The van der Waals surface area contributed by atoms with Crippen molar-refractivity contribution < 1.29 is 4.79 Å². The lowest BCUT2D eigenvalue weighted by Crippen LogP contribution is -2.31. The van der Waals surface area contributed by atoms with E-state index in [2.05, 4.69) is 10.3 Å². The van der Waals surface area contributed by atoms with E-state index in [0.717, 1.165) is 28.1 Å². The number of nitrogens with two attached hydrogens (primary N) is 1. The summed E-state index contributed by atoms with van der Waals surface area (Å²) in [5, 5.41) is 4.95. The third-order valence-electron chi connectivity index (χ3n) is 4.01. The molecule has 0 bridgehead atoms. The van der Waals surface area contributed by atoms with Crippen LogP contribution in [0, 0.1) is 0 Å². The van der Waals surface area contributed by atoms with E-state index in [1.807, 2.05) is 66.8 Å². The molecule has 1 amide bonds. The van der Waals surface area contributed by atoms with E-state index in [9.17, 15) is 4.79 Å². The van der Waals surface area contributed by atoms with E-state index >= 15 is 0 Å². The average molecular weight is 366 g/mol. The number of benzene rings is 1. The summed E-state index contributed by atoms with van der Waals surface area (Å²) in [5.41, 5.74) is 9.47. The zero-order chi connectivity index (χ0) is 18.5. The zero-order valence-electron chi connectivity index (χ0n) is 14.9. The molecule has 3 aromatic rings. The van der Waals surface area contributed by atoms with Gasteiger partial charge in [-0.2, -0.15) is 0 Å². The molecule has 0 radical (unpaired) electrons. The summed E-state index contributed by atoms with van der Waals surface area (Å²) in [6.07, 6.45) is 1.75. The number of likely N-dealkylation sites (N-methyl/N-ethyl adjacent to an activating group) is 1. The van der Waals surface area contributed by atoms with Crippen molar-refractivity contribution in [2.75, 3.05) is 32.9 Å². The average Bonchev–Trinajstić information content (AvgIpc) is 3.16. The predicted molar refractivity (Wildman–Crippen MR) is 108 cm³/mol. The van der Waals surface area contributed by atoms with Gasteiger partial charge in [-0.15, -0.1) is 11.3 Å². The smallest absolute Gasteiger partial charge is 0.251 e. The summed E-state index contributed by atoms with van der Waals surface area (Å²) in [5.74, 6) is 0.435. The van der Waals surface area contributed by atoms with Crippen LogP contribution in [0.3, 0.4) is 0 Å². The molecule has 1 aromatic carbocycles. The molecule has 0 spiro atoms. The number of nitrogens with one attached hydrogen (secondary N) is 1. The highest BCUT2D eigenvalue weighted by Crippen LogP contribution is 2.32. The largest absolute Gasteiger partial charge is 0.383 e. The van der Waals surface area contributed by atoms with Gasteiger partial charge in [-0.3, -0.25) is 4.79 Å². The van der Waals surface area contributed by atoms with Crippen LogP contribution >= 0.6 is 11.3 Å². The molecule has 0 fully saturated rings. The highest BCUT2D eigenvalue weighted by atomic mass is 32.1. The Labute approximate surface area is 157 Å². The summed E-state index contributed by atoms with van der Waals surface area (Å²) < 4.78 is 0. The minimum absolute atomic E-state index is 0.0735. The van der Waals surface area contributed by atoms with Gasteiger partial charge in [-0.25, -0.2) is 4.98 Å². The highest BCUT2D eigenvalue weighted by molar-refractivity contribution is 7.13. The molecule has 0 atom stereocenters. The third-order valence-corrected chi connectivity index (χ3v) is 4.91. The molecule has 134 valence electrons. The first-order valence-electron chi connectivity index (χ1n) is 8.37. The molecule has 0 saturated carbocycles. The molecular formula is C20H22N4OS. The third kappa shape index (κ3) is 4.28. The first-order valence-corrected chi connectivity index (χ1v) is 9.25. The summed E-state index contributed by atoms with van der Waals surface area (Å²) >= 11 is 1.63. The molecule has 2 aromatic heterocycles. The second-order valence-electron chi connectivity index (χ2n) is 6.27. The van der Waals surface area contributed by atoms with Gasteiger partial charge in [-0.1, -0.05) is 18.2 Å². The Bertz CT molecular complexity index is 891. The van der Waals surface area contributed by atoms with Gasteiger partial charge in [0.15, 0.2) is 0 Å². The summed E-state index contributed by atoms with van der Waals surface area (Å²) in [6.45, 7) is 1.42. The van der Waals surface area contributed by atoms with Crippen LogP contribution in [0.15, 0.2) is 54.0 Å². The van der Waals surface area contributed by atoms with Crippen molar-refractivity contribution in [1.29, 1.82) is 0 Å². The number of nitrogens with zero attached hydrogens (tertiary/aromatic N) is 2. The number of pyridine rings is 1. The Kier molecular flexibility index (Phi) is 5.65. The molecular weight excluding hydrogens is 344 g/mol. The number of amides is 1. The molecule has 3 N–H and O–H groups in total. The standard InChI is InChI=1S/C20H22N4OS/c1-24(2)9-8-22-20(25)15-6-3-5-14(11-15)16-12-17(19(21)23-13-16)18-7-4-10-26-18/h3-7,10-13H,8-9H2,1-2H3,(H2,21,23)(H,22,25). The van der Waals surface area contributed by atoms with E-state index in [-0.39, 0.29) is 5.91 Å². The fraction of sp³-hybridized carbons (Fsp3) is 0.200. The maximum atomic E-state index is 12.4. The number of anilines is 1. The molecule has 2 heterocycles. The maximum absolute atomic E-state index is 12.4. The van der Waals surface area contributed by atoms with E-state index in [0.29, 0.717) is 17.9 Å². The summed E-state index contributed by atoms with van der Waals surface area (Å²) in [7, 11) is 3.96. The van der Waals surface area contributed by atoms with Crippen molar-refractivity contribution in [3.05, 3.63) is 59.6 Å². The Morgan fingerprint density at radius 3 is 2.77 bits per heavy atom. The van der Waals surface area contributed by atoms with Gasteiger partial charge in [0, 0.05) is 40.9 Å². The van der Waals surface area contributed by atoms with Crippen molar-refractivity contribution in [1.82, 2.24) is 15.2 Å². The minimum atomic E-state index is -0.0735. The molecule has 0 saturated heterocycles. The van der Waals surface area contributed by atoms with Crippen LogP contribution < -0.4 is 11.1 Å². The fourth-order valence-corrected chi connectivity index (χ4v) is 3.35. The maximum Gasteiger partial charge on any atom is 0.251 e. The molecule has 26 heavy (non-hydrogen) atoms. The van der Waals surface area contributed by atoms with Gasteiger partial charge >= 0.3 is 0 Å². The predicted octanol–water partition coefficient (Wildman–Crippen LogP) is 3.35. The zero-order valence-corrected chi connectivity index (χ0v) is 15.7. The first kappa shape index (κ1) is 18.1. The van der Waals surface area contributed by atoms with E-state index in [4.69, 9.17) is 5.73 Å². The van der Waals surface area contributed by atoms with Crippen LogP contribution in [0.25, 0.3) is 21.6 Å². The van der Waals surface area contributed by atoms with Crippen LogP contribution in [0.5, 0.6) is 0 Å². The van der Waals surface area contributed by atoms with Gasteiger partial charge in [-0.05, 0) is 49.3 Å². The second kappa shape index (κ2) is 8.12. The summed E-state index contributed by atoms with van der Waals surface area (Å²) in [6, 6.07) is 13.6. The molecule has 3 rings (SSSR count). The molecule has 5 nitrogen and oxygen atoms in total. The summed E-state index contributed by atoms with van der Waals surface area (Å²) in [4.78, 5) is 19.8. The van der Waals surface area contributed by atoms with E-state index in [1.165, 1.54) is 0 Å². The van der Waals surface area contributed by atoms with Crippen LogP contribution in [-0.4, -0.2) is 43.0 Å². The lowest BCUT2D eigenvalue weighted by molar-refractivity contribution is 0.0951. The number of carbonyl (C=O) groups is 1. The van der Waals surface area contributed by atoms with Gasteiger partial charge in [0.2, 0.25) is 0 Å². The Morgan fingerprint density at radius 1 is 1.19 bits per heavy atom.